The highest BCUT2D eigenvalue weighted by Crippen LogP contribution is 2.38. The van der Waals surface area contributed by atoms with Crippen LogP contribution >= 0.6 is 0 Å². The van der Waals surface area contributed by atoms with Gasteiger partial charge in [0.2, 0.25) is 0 Å². The number of carbonyl (C=O) groups is 1. The van der Waals surface area contributed by atoms with Crippen molar-refractivity contribution in [1.29, 1.82) is 0 Å². The van der Waals surface area contributed by atoms with Crippen molar-refractivity contribution in [2.75, 3.05) is 5.32 Å². The Bertz CT molecular complexity index is 1510. The van der Waals surface area contributed by atoms with Gasteiger partial charge in [0.1, 0.15) is 23.8 Å². The summed E-state index contributed by atoms with van der Waals surface area (Å²) in [6, 6.07) is 18.7. The first-order chi connectivity index (χ1) is 17.1. The van der Waals surface area contributed by atoms with E-state index in [1.807, 2.05) is 60.1 Å². The second kappa shape index (κ2) is 8.72. The number of carbonyl (C=O) groups excluding carboxylic acids is 1. The van der Waals surface area contributed by atoms with Crippen molar-refractivity contribution < 1.29 is 9.53 Å². The molecule has 0 bridgehead atoms. The molecule has 1 aliphatic rings. The third-order valence-electron chi connectivity index (χ3n) is 6.08. The van der Waals surface area contributed by atoms with Crippen LogP contribution in [0.25, 0.3) is 17.0 Å². The number of nitrogens with zero attached hydrogens (tertiary/aromatic N) is 4. The molecule has 35 heavy (non-hydrogen) atoms. The molecule has 1 aliphatic carbocycles. The Morgan fingerprint density at radius 2 is 1.97 bits per heavy atom. The van der Waals surface area contributed by atoms with Gasteiger partial charge >= 0.3 is 0 Å². The number of anilines is 1. The highest BCUT2D eigenvalue weighted by molar-refractivity contribution is 6.04. The number of benzene rings is 2. The van der Waals surface area contributed by atoms with Crippen LogP contribution in [0.2, 0.25) is 0 Å². The Kier molecular flexibility index (Phi) is 5.25. The first-order valence-electron chi connectivity index (χ1n) is 11.6. The number of H-pyrrole nitrogens is 1. The van der Waals surface area contributed by atoms with Gasteiger partial charge in [-0.2, -0.15) is 5.10 Å². The number of amides is 1. The first kappa shape index (κ1) is 21.1. The van der Waals surface area contributed by atoms with Gasteiger partial charge in [0.05, 0.1) is 5.69 Å². The second-order valence-electron chi connectivity index (χ2n) is 8.82. The predicted molar refractivity (Wildman–Crippen MR) is 132 cm³/mol. The number of hydrogen-bond donors (Lipinski definition) is 2. The van der Waals surface area contributed by atoms with Gasteiger partial charge in [-0.25, -0.2) is 9.97 Å². The summed E-state index contributed by atoms with van der Waals surface area (Å²) in [5, 5.41) is 10.3. The van der Waals surface area contributed by atoms with Gasteiger partial charge in [0.25, 0.3) is 5.91 Å². The van der Waals surface area contributed by atoms with E-state index in [1.165, 1.54) is 0 Å². The molecule has 0 spiro atoms. The maximum atomic E-state index is 12.8. The normalized spacial score (nSPS) is 13.2. The van der Waals surface area contributed by atoms with Gasteiger partial charge in [0.15, 0.2) is 5.82 Å². The van der Waals surface area contributed by atoms with Crippen molar-refractivity contribution in [2.45, 2.75) is 32.3 Å². The lowest BCUT2D eigenvalue weighted by Gasteiger charge is -2.08. The average Bonchev–Trinajstić information content (AvgIpc) is 3.44. The lowest BCUT2D eigenvalue weighted by atomic mass is 10.1. The first-order valence-corrected chi connectivity index (χ1v) is 11.6. The third-order valence-corrected chi connectivity index (χ3v) is 6.08. The van der Waals surface area contributed by atoms with E-state index in [1.54, 1.807) is 24.3 Å². The summed E-state index contributed by atoms with van der Waals surface area (Å²) in [6.07, 6.45) is 6.26. The lowest BCUT2D eigenvalue weighted by Crippen LogP contribution is -2.11. The van der Waals surface area contributed by atoms with Crippen LogP contribution < -0.4 is 10.1 Å². The van der Waals surface area contributed by atoms with E-state index < -0.39 is 0 Å². The molecule has 5 aromatic rings. The molecule has 3 heterocycles. The number of aryl methyl sites for hydroxylation is 1. The lowest BCUT2D eigenvalue weighted by molar-refractivity contribution is 0.102. The molecule has 2 N–H and O–H groups in total. The molecule has 8 nitrogen and oxygen atoms in total. The minimum atomic E-state index is -0.196. The zero-order chi connectivity index (χ0) is 23.8. The molecule has 3 aromatic heterocycles. The minimum absolute atomic E-state index is 0.196. The summed E-state index contributed by atoms with van der Waals surface area (Å²) in [5.41, 5.74) is 4.97. The number of aromatic amines is 1. The number of nitrogens with one attached hydrogen (secondary N) is 2. The fourth-order valence-corrected chi connectivity index (χ4v) is 4.02. The summed E-state index contributed by atoms with van der Waals surface area (Å²) in [5.74, 6) is 2.57. The van der Waals surface area contributed by atoms with E-state index in [9.17, 15) is 4.79 Å². The number of pyridine rings is 1. The number of fused-ring (bicyclic) bond motifs is 1. The van der Waals surface area contributed by atoms with E-state index in [0.717, 1.165) is 41.1 Å². The fourth-order valence-electron chi connectivity index (χ4n) is 4.02. The minimum Gasteiger partial charge on any atom is -0.487 e. The molecule has 2 aromatic carbocycles. The predicted octanol–water partition coefficient (Wildman–Crippen LogP) is 5.14. The zero-order valence-electron chi connectivity index (χ0n) is 19.2. The van der Waals surface area contributed by atoms with Crippen molar-refractivity contribution >= 4 is 17.2 Å². The maximum Gasteiger partial charge on any atom is 0.255 e. The van der Waals surface area contributed by atoms with E-state index in [-0.39, 0.29) is 5.91 Å². The van der Waals surface area contributed by atoms with Gasteiger partial charge in [-0.05, 0) is 67.8 Å². The Balaban J connectivity index is 1.09. The molecule has 0 unspecified atom stereocenters. The smallest absolute Gasteiger partial charge is 0.255 e. The van der Waals surface area contributed by atoms with E-state index in [2.05, 4.69) is 25.5 Å². The Labute approximate surface area is 202 Å². The monoisotopic (exact) mass is 464 g/mol. The van der Waals surface area contributed by atoms with Crippen LogP contribution in [0.3, 0.4) is 0 Å². The Morgan fingerprint density at radius 3 is 2.77 bits per heavy atom. The standard InChI is InChI=1S/C27H24N6O2/c1-17-4-3-13-33-15-22(28-26(17)33)16-35-23-11-9-19(10-12-23)27(34)29-21-6-2-5-20(14-21)25-30-24(31-32-25)18-7-8-18/h2-6,9-15,18H,7-8,16H2,1H3,(H,29,34)(H,30,31,32). The van der Waals surface area contributed by atoms with Gasteiger partial charge in [0, 0.05) is 35.1 Å². The molecule has 6 rings (SSSR count). The van der Waals surface area contributed by atoms with Gasteiger partial charge < -0.3 is 14.5 Å². The van der Waals surface area contributed by atoms with Crippen LogP contribution in [0.4, 0.5) is 5.69 Å². The second-order valence-corrected chi connectivity index (χ2v) is 8.82. The van der Waals surface area contributed by atoms with Crippen LogP contribution in [0, 0.1) is 6.92 Å². The zero-order valence-corrected chi connectivity index (χ0v) is 19.2. The Morgan fingerprint density at radius 1 is 1.11 bits per heavy atom. The van der Waals surface area contributed by atoms with Crippen molar-refractivity contribution in [2.24, 2.45) is 0 Å². The molecule has 1 amide bonds. The molecule has 0 aliphatic heterocycles. The van der Waals surface area contributed by atoms with Crippen LogP contribution in [0.1, 0.15) is 46.2 Å². The summed E-state index contributed by atoms with van der Waals surface area (Å²) in [6.45, 7) is 2.38. The number of aromatic nitrogens is 5. The van der Waals surface area contributed by atoms with Gasteiger partial charge in [-0.3, -0.25) is 9.89 Å². The van der Waals surface area contributed by atoms with Crippen LogP contribution in [0.15, 0.2) is 73.1 Å². The quantitative estimate of drug-likeness (QED) is 0.348. The molecule has 0 saturated heterocycles. The summed E-state index contributed by atoms with van der Waals surface area (Å²) in [4.78, 5) is 22.0. The van der Waals surface area contributed by atoms with Gasteiger partial charge in [-0.15, -0.1) is 0 Å². The number of hydrogen-bond acceptors (Lipinski definition) is 5. The van der Waals surface area contributed by atoms with Crippen molar-refractivity contribution in [3.05, 3.63) is 95.7 Å². The van der Waals surface area contributed by atoms with Crippen molar-refractivity contribution in [3.8, 4) is 17.1 Å². The van der Waals surface area contributed by atoms with Gasteiger partial charge in [-0.1, -0.05) is 18.2 Å². The fraction of sp³-hybridized carbons (Fsp3) is 0.185. The molecule has 1 fully saturated rings. The summed E-state index contributed by atoms with van der Waals surface area (Å²) < 4.78 is 7.87. The SMILES string of the molecule is Cc1cccn2cc(COc3ccc(C(=O)Nc4cccc(-c5n[nH]c(C6CC6)n5)c4)cc3)nc12. The van der Waals surface area contributed by atoms with Crippen LogP contribution in [-0.4, -0.2) is 30.5 Å². The largest absolute Gasteiger partial charge is 0.487 e. The van der Waals surface area contributed by atoms with Crippen molar-refractivity contribution in [3.63, 3.8) is 0 Å². The summed E-state index contributed by atoms with van der Waals surface area (Å²) >= 11 is 0. The molecule has 8 heteroatoms. The van der Waals surface area contributed by atoms with E-state index in [4.69, 9.17) is 4.74 Å². The number of ether oxygens (including phenoxy) is 1. The summed E-state index contributed by atoms with van der Waals surface area (Å²) in [7, 11) is 0. The molecule has 0 radical (unpaired) electrons. The van der Waals surface area contributed by atoms with E-state index >= 15 is 0 Å². The highest BCUT2D eigenvalue weighted by Gasteiger charge is 2.27. The topological polar surface area (TPSA) is 97.2 Å². The van der Waals surface area contributed by atoms with Crippen LogP contribution in [-0.2, 0) is 6.61 Å². The number of rotatable bonds is 7. The van der Waals surface area contributed by atoms with E-state index in [0.29, 0.717) is 35.3 Å². The molecule has 1 saturated carbocycles. The molecule has 174 valence electrons. The molecular formula is C27H24N6O2. The molecule has 0 atom stereocenters. The van der Waals surface area contributed by atoms with Crippen molar-refractivity contribution in [1.82, 2.24) is 24.6 Å². The Hall–Kier alpha value is -4.46. The third kappa shape index (κ3) is 4.50. The maximum absolute atomic E-state index is 12.8. The highest BCUT2D eigenvalue weighted by atomic mass is 16.5. The molecular weight excluding hydrogens is 440 g/mol. The average molecular weight is 465 g/mol. The number of imidazole rings is 1. The van der Waals surface area contributed by atoms with Crippen LogP contribution in [0.5, 0.6) is 5.75 Å².